The van der Waals surface area contributed by atoms with Gasteiger partial charge in [0, 0.05) is 6.54 Å². The Morgan fingerprint density at radius 1 is 1.32 bits per heavy atom. The molecular formula is C16H28N2O. The van der Waals surface area contributed by atoms with Crippen LogP contribution in [-0.2, 0) is 6.42 Å². The summed E-state index contributed by atoms with van der Waals surface area (Å²) >= 11 is 0. The number of likely N-dealkylation sites (N-methyl/N-ethyl adjacent to an activating group) is 1. The molecule has 0 aliphatic heterocycles. The highest BCUT2D eigenvalue weighted by atomic mass is 16.5. The number of methoxy groups -OCH3 is 1. The molecule has 0 aromatic heterocycles. The second-order valence-electron chi connectivity index (χ2n) is 5.49. The van der Waals surface area contributed by atoms with E-state index in [2.05, 4.69) is 44.0 Å². The summed E-state index contributed by atoms with van der Waals surface area (Å²) in [4.78, 5) is 2.38. The van der Waals surface area contributed by atoms with Crippen LogP contribution in [0.25, 0.3) is 0 Å². The summed E-state index contributed by atoms with van der Waals surface area (Å²) in [6, 6.07) is 6.43. The van der Waals surface area contributed by atoms with Crippen LogP contribution < -0.4 is 10.5 Å². The Morgan fingerprint density at radius 2 is 2.05 bits per heavy atom. The first-order chi connectivity index (χ1) is 9.06. The standard InChI is InChI=1S/C16H28N2O/c1-13(12-17)7-9-18(3)10-8-15-5-6-16(19-4)14(2)11-15/h5-6,11,13H,7-10,12,17H2,1-4H3. The molecular weight excluding hydrogens is 236 g/mol. The Labute approximate surface area is 117 Å². The maximum Gasteiger partial charge on any atom is 0.121 e. The molecule has 1 aromatic carbocycles. The fourth-order valence-electron chi connectivity index (χ4n) is 2.09. The molecule has 108 valence electrons. The van der Waals surface area contributed by atoms with E-state index < -0.39 is 0 Å². The van der Waals surface area contributed by atoms with Crippen LogP contribution >= 0.6 is 0 Å². The summed E-state index contributed by atoms with van der Waals surface area (Å²) < 4.78 is 5.28. The van der Waals surface area contributed by atoms with Crippen molar-refractivity contribution in [2.75, 3.05) is 33.8 Å². The number of ether oxygens (including phenoxy) is 1. The molecule has 0 saturated carbocycles. The maximum absolute atomic E-state index is 5.64. The molecule has 0 fully saturated rings. The largest absolute Gasteiger partial charge is 0.496 e. The first-order valence-electron chi connectivity index (χ1n) is 7.09. The first-order valence-corrected chi connectivity index (χ1v) is 7.09. The minimum Gasteiger partial charge on any atom is -0.496 e. The number of nitrogens with two attached hydrogens (primary N) is 1. The third kappa shape index (κ3) is 5.62. The predicted molar refractivity (Wildman–Crippen MR) is 81.8 cm³/mol. The molecule has 0 heterocycles. The Bertz CT molecular complexity index is 379. The van der Waals surface area contributed by atoms with Gasteiger partial charge in [0.2, 0.25) is 0 Å². The van der Waals surface area contributed by atoms with Crippen LogP contribution in [0.5, 0.6) is 5.75 Å². The van der Waals surface area contributed by atoms with Crippen LogP contribution in [0.2, 0.25) is 0 Å². The van der Waals surface area contributed by atoms with Crippen molar-refractivity contribution in [3.05, 3.63) is 29.3 Å². The summed E-state index contributed by atoms with van der Waals surface area (Å²) in [5.74, 6) is 1.58. The third-order valence-corrected chi connectivity index (χ3v) is 3.65. The van der Waals surface area contributed by atoms with Gasteiger partial charge in [-0.05, 0) is 63.0 Å². The van der Waals surface area contributed by atoms with E-state index in [1.807, 2.05) is 0 Å². The van der Waals surface area contributed by atoms with Crippen molar-refractivity contribution in [3.63, 3.8) is 0 Å². The lowest BCUT2D eigenvalue weighted by molar-refractivity contribution is 0.310. The Balaban J connectivity index is 2.37. The van der Waals surface area contributed by atoms with Crippen molar-refractivity contribution in [1.29, 1.82) is 0 Å². The van der Waals surface area contributed by atoms with Gasteiger partial charge in [0.15, 0.2) is 0 Å². The lowest BCUT2D eigenvalue weighted by Gasteiger charge is -2.19. The normalized spacial score (nSPS) is 12.7. The van der Waals surface area contributed by atoms with Gasteiger partial charge < -0.3 is 15.4 Å². The summed E-state index contributed by atoms with van der Waals surface area (Å²) in [6.07, 6.45) is 2.26. The monoisotopic (exact) mass is 264 g/mol. The summed E-state index contributed by atoms with van der Waals surface area (Å²) in [5, 5.41) is 0. The molecule has 1 rings (SSSR count). The number of hydrogen-bond acceptors (Lipinski definition) is 3. The fraction of sp³-hybridized carbons (Fsp3) is 0.625. The zero-order valence-corrected chi connectivity index (χ0v) is 12.8. The minimum absolute atomic E-state index is 0.616. The van der Waals surface area contributed by atoms with Gasteiger partial charge in [-0.25, -0.2) is 0 Å². The average Bonchev–Trinajstić information content (AvgIpc) is 2.42. The third-order valence-electron chi connectivity index (χ3n) is 3.65. The van der Waals surface area contributed by atoms with Crippen LogP contribution in [-0.4, -0.2) is 38.7 Å². The number of aryl methyl sites for hydroxylation is 1. The molecule has 0 amide bonds. The van der Waals surface area contributed by atoms with E-state index in [9.17, 15) is 0 Å². The Hall–Kier alpha value is -1.06. The van der Waals surface area contributed by atoms with Crippen LogP contribution in [0.15, 0.2) is 18.2 Å². The topological polar surface area (TPSA) is 38.5 Å². The molecule has 19 heavy (non-hydrogen) atoms. The van der Waals surface area contributed by atoms with Crippen LogP contribution in [0.3, 0.4) is 0 Å². The summed E-state index contributed by atoms with van der Waals surface area (Å²) in [6.45, 7) is 7.29. The van der Waals surface area contributed by atoms with E-state index >= 15 is 0 Å². The molecule has 0 aliphatic rings. The van der Waals surface area contributed by atoms with Crippen LogP contribution in [0.4, 0.5) is 0 Å². The van der Waals surface area contributed by atoms with E-state index in [0.717, 1.165) is 31.8 Å². The highest BCUT2D eigenvalue weighted by Gasteiger charge is 2.04. The summed E-state index contributed by atoms with van der Waals surface area (Å²) in [5.41, 5.74) is 8.22. The van der Waals surface area contributed by atoms with Gasteiger partial charge in [-0.1, -0.05) is 19.1 Å². The Kier molecular flexibility index (Phi) is 6.89. The van der Waals surface area contributed by atoms with Crippen LogP contribution in [0, 0.1) is 12.8 Å². The molecule has 1 atom stereocenters. The highest BCUT2D eigenvalue weighted by Crippen LogP contribution is 2.18. The van der Waals surface area contributed by atoms with Gasteiger partial charge in [0.1, 0.15) is 5.75 Å². The molecule has 0 aliphatic carbocycles. The second kappa shape index (κ2) is 8.18. The molecule has 0 radical (unpaired) electrons. The number of nitrogens with zero attached hydrogens (tertiary/aromatic N) is 1. The molecule has 3 heteroatoms. The van der Waals surface area contributed by atoms with Crippen molar-refractivity contribution in [3.8, 4) is 5.75 Å². The number of benzene rings is 1. The van der Waals surface area contributed by atoms with Gasteiger partial charge >= 0.3 is 0 Å². The highest BCUT2D eigenvalue weighted by molar-refractivity contribution is 5.36. The lowest BCUT2D eigenvalue weighted by Crippen LogP contribution is -2.25. The molecule has 2 N–H and O–H groups in total. The van der Waals surface area contributed by atoms with Crippen molar-refractivity contribution in [1.82, 2.24) is 4.90 Å². The van der Waals surface area contributed by atoms with E-state index in [0.29, 0.717) is 5.92 Å². The van der Waals surface area contributed by atoms with Crippen molar-refractivity contribution in [2.45, 2.75) is 26.7 Å². The SMILES string of the molecule is COc1ccc(CCN(C)CCC(C)CN)cc1C. The fourth-order valence-corrected chi connectivity index (χ4v) is 2.09. The smallest absolute Gasteiger partial charge is 0.121 e. The average molecular weight is 264 g/mol. The van der Waals surface area contributed by atoms with E-state index in [-0.39, 0.29) is 0 Å². The molecule has 1 aromatic rings. The van der Waals surface area contributed by atoms with Gasteiger partial charge in [-0.15, -0.1) is 0 Å². The molecule has 0 bridgehead atoms. The second-order valence-corrected chi connectivity index (χ2v) is 5.49. The van der Waals surface area contributed by atoms with E-state index in [1.165, 1.54) is 17.5 Å². The van der Waals surface area contributed by atoms with Gasteiger partial charge in [0.25, 0.3) is 0 Å². The Morgan fingerprint density at radius 3 is 2.63 bits per heavy atom. The molecule has 3 nitrogen and oxygen atoms in total. The first kappa shape index (κ1) is 16.0. The number of hydrogen-bond donors (Lipinski definition) is 1. The van der Waals surface area contributed by atoms with E-state index in [1.54, 1.807) is 7.11 Å². The maximum atomic E-state index is 5.64. The van der Waals surface area contributed by atoms with Crippen LogP contribution in [0.1, 0.15) is 24.5 Å². The van der Waals surface area contributed by atoms with Crippen molar-refractivity contribution < 1.29 is 4.74 Å². The van der Waals surface area contributed by atoms with Gasteiger partial charge in [-0.3, -0.25) is 0 Å². The molecule has 0 spiro atoms. The zero-order valence-electron chi connectivity index (χ0n) is 12.8. The molecule has 0 saturated heterocycles. The van der Waals surface area contributed by atoms with Gasteiger partial charge in [-0.2, -0.15) is 0 Å². The lowest BCUT2D eigenvalue weighted by atomic mass is 10.1. The molecule has 1 unspecified atom stereocenters. The van der Waals surface area contributed by atoms with Crippen molar-refractivity contribution in [2.24, 2.45) is 11.7 Å². The zero-order chi connectivity index (χ0) is 14.3. The van der Waals surface area contributed by atoms with Crippen molar-refractivity contribution >= 4 is 0 Å². The quantitative estimate of drug-likeness (QED) is 0.784. The number of rotatable bonds is 8. The predicted octanol–water partition coefficient (Wildman–Crippen LogP) is 2.46. The summed E-state index contributed by atoms with van der Waals surface area (Å²) in [7, 11) is 3.90. The van der Waals surface area contributed by atoms with E-state index in [4.69, 9.17) is 10.5 Å². The van der Waals surface area contributed by atoms with Gasteiger partial charge in [0.05, 0.1) is 7.11 Å². The minimum atomic E-state index is 0.616.